The Morgan fingerprint density at radius 1 is 1.21 bits per heavy atom. The van der Waals surface area contributed by atoms with Crippen LogP contribution in [0, 0.1) is 6.92 Å². The van der Waals surface area contributed by atoms with Gasteiger partial charge in [-0.15, -0.1) is 0 Å². The number of rotatable bonds is 4. The zero-order chi connectivity index (χ0) is 13.8. The Morgan fingerprint density at radius 2 is 1.95 bits per heavy atom. The fourth-order valence-corrected chi connectivity index (χ4v) is 2.37. The van der Waals surface area contributed by atoms with E-state index in [-0.39, 0.29) is 5.78 Å². The van der Waals surface area contributed by atoms with Crippen LogP contribution in [0.3, 0.4) is 0 Å². The molecule has 0 heterocycles. The Labute approximate surface area is 121 Å². The number of carbonyl (C=O) groups is 1. The Balaban J connectivity index is 2.28. The van der Waals surface area contributed by atoms with Crippen LogP contribution in [0.2, 0.25) is 0 Å². The molecule has 0 atom stereocenters. The van der Waals surface area contributed by atoms with Crippen molar-refractivity contribution in [3.8, 4) is 5.75 Å². The smallest absolute Gasteiger partial charge is 0.167 e. The van der Waals surface area contributed by atoms with Crippen LogP contribution in [-0.4, -0.2) is 12.9 Å². The number of benzene rings is 2. The Morgan fingerprint density at radius 3 is 2.68 bits per heavy atom. The number of hydrogen-bond donors (Lipinski definition) is 0. The molecule has 0 radical (unpaired) electrons. The highest BCUT2D eigenvalue weighted by atomic mass is 79.9. The third kappa shape index (κ3) is 3.24. The van der Waals surface area contributed by atoms with Gasteiger partial charge in [-0.3, -0.25) is 4.79 Å². The summed E-state index contributed by atoms with van der Waals surface area (Å²) in [5.74, 6) is 0.854. The number of hydrogen-bond acceptors (Lipinski definition) is 2. The average Bonchev–Trinajstić information content (AvgIpc) is 2.42. The quantitative estimate of drug-likeness (QED) is 0.790. The van der Waals surface area contributed by atoms with Crippen LogP contribution in [0.5, 0.6) is 5.75 Å². The van der Waals surface area contributed by atoms with E-state index >= 15 is 0 Å². The van der Waals surface area contributed by atoms with Crippen molar-refractivity contribution in [2.45, 2.75) is 13.3 Å². The summed E-state index contributed by atoms with van der Waals surface area (Å²) in [7, 11) is 1.62. The topological polar surface area (TPSA) is 26.3 Å². The molecule has 19 heavy (non-hydrogen) atoms. The monoisotopic (exact) mass is 318 g/mol. The van der Waals surface area contributed by atoms with Crippen LogP contribution in [0.15, 0.2) is 46.9 Å². The second-order valence-electron chi connectivity index (χ2n) is 4.37. The van der Waals surface area contributed by atoms with E-state index in [1.165, 1.54) is 0 Å². The number of carbonyl (C=O) groups excluding carboxylic acids is 1. The van der Waals surface area contributed by atoms with Gasteiger partial charge in [0.15, 0.2) is 5.78 Å². The van der Waals surface area contributed by atoms with E-state index in [0.717, 1.165) is 26.9 Å². The Kier molecular flexibility index (Phi) is 4.38. The molecule has 0 saturated carbocycles. The van der Waals surface area contributed by atoms with Crippen LogP contribution >= 0.6 is 15.9 Å². The van der Waals surface area contributed by atoms with Gasteiger partial charge in [0.05, 0.1) is 7.11 Å². The van der Waals surface area contributed by atoms with Crippen molar-refractivity contribution in [2.75, 3.05) is 7.11 Å². The molecule has 3 heteroatoms. The fraction of sp³-hybridized carbons (Fsp3) is 0.188. The molecule has 0 aliphatic rings. The molecule has 0 bridgehead atoms. The van der Waals surface area contributed by atoms with E-state index in [2.05, 4.69) is 15.9 Å². The molecule has 0 fully saturated rings. The number of aryl methyl sites for hydroxylation is 1. The van der Waals surface area contributed by atoms with Crippen molar-refractivity contribution in [3.63, 3.8) is 0 Å². The van der Waals surface area contributed by atoms with Gasteiger partial charge in [-0.2, -0.15) is 0 Å². The SMILES string of the molecule is COc1ccccc1CC(=O)c1cc(Br)ccc1C. The van der Waals surface area contributed by atoms with E-state index in [0.29, 0.717) is 6.42 Å². The fourth-order valence-electron chi connectivity index (χ4n) is 2.01. The lowest BCUT2D eigenvalue weighted by atomic mass is 9.99. The van der Waals surface area contributed by atoms with Gasteiger partial charge in [0, 0.05) is 22.0 Å². The first-order valence-corrected chi connectivity index (χ1v) is 6.82. The minimum Gasteiger partial charge on any atom is -0.496 e. The van der Waals surface area contributed by atoms with Gasteiger partial charge in [-0.1, -0.05) is 40.2 Å². The van der Waals surface area contributed by atoms with E-state index < -0.39 is 0 Å². The maximum absolute atomic E-state index is 12.4. The molecule has 0 saturated heterocycles. The van der Waals surface area contributed by atoms with E-state index in [4.69, 9.17) is 4.74 Å². The van der Waals surface area contributed by atoms with Crippen LogP contribution in [0.25, 0.3) is 0 Å². The molecular weight excluding hydrogens is 304 g/mol. The molecule has 2 rings (SSSR count). The van der Waals surface area contributed by atoms with Gasteiger partial charge >= 0.3 is 0 Å². The lowest BCUT2D eigenvalue weighted by Crippen LogP contribution is -2.06. The number of Topliss-reactive ketones (excluding diaryl/α,β-unsaturated/α-hetero) is 1. The highest BCUT2D eigenvalue weighted by molar-refractivity contribution is 9.10. The number of halogens is 1. The van der Waals surface area contributed by atoms with Crippen molar-refractivity contribution in [2.24, 2.45) is 0 Å². The molecule has 0 N–H and O–H groups in total. The van der Waals surface area contributed by atoms with Gasteiger partial charge in [0.2, 0.25) is 0 Å². The molecule has 0 spiro atoms. The average molecular weight is 319 g/mol. The summed E-state index contributed by atoms with van der Waals surface area (Å²) in [6.45, 7) is 1.95. The Hall–Kier alpha value is -1.61. The van der Waals surface area contributed by atoms with E-state index in [9.17, 15) is 4.79 Å². The van der Waals surface area contributed by atoms with Crippen molar-refractivity contribution in [1.29, 1.82) is 0 Å². The minimum atomic E-state index is 0.100. The number of ether oxygens (including phenoxy) is 1. The van der Waals surface area contributed by atoms with E-state index in [1.54, 1.807) is 7.11 Å². The molecule has 0 aromatic heterocycles. The highest BCUT2D eigenvalue weighted by Gasteiger charge is 2.13. The van der Waals surface area contributed by atoms with Gasteiger partial charge in [-0.25, -0.2) is 0 Å². The lowest BCUT2D eigenvalue weighted by Gasteiger charge is -2.09. The van der Waals surface area contributed by atoms with Crippen LogP contribution in [0.1, 0.15) is 21.5 Å². The predicted molar refractivity (Wildman–Crippen MR) is 79.9 cm³/mol. The zero-order valence-corrected chi connectivity index (χ0v) is 12.5. The molecule has 98 valence electrons. The van der Waals surface area contributed by atoms with Gasteiger partial charge < -0.3 is 4.74 Å². The third-order valence-electron chi connectivity index (χ3n) is 3.04. The summed E-state index contributed by atoms with van der Waals surface area (Å²) < 4.78 is 6.19. The standard InChI is InChI=1S/C16H15BrO2/c1-11-7-8-13(17)10-14(11)15(18)9-12-5-3-4-6-16(12)19-2/h3-8,10H,9H2,1-2H3. The van der Waals surface area contributed by atoms with Gasteiger partial charge in [-0.05, 0) is 30.7 Å². The van der Waals surface area contributed by atoms with E-state index in [1.807, 2.05) is 49.4 Å². The highest BCUT2D eigenvalue weighted by Crippen LogP contribution is 2.22. The molecule has 0 amide bonds. The van der Waals surface area contributed by atoms with Crippen LogP contribution in [-0.2, 0) is 6.42 Å². The van der Waals surface area contributed by atoms with Gasteiger partial charge in [0.25, 0.3) is 0 Å². The van der Waals surface area contributed by atoms with Crippen molar-refractivity contribution in [3.05, 3.63) is 63.6 Å². The summed E-state index contributed by atoms with van der Waals surface area (Å²) in [5.41, 5.74) is 2.65. The largest absolute Gasteiger partial charge is 0.496 e. The third-order valence-corrected chi connectivity index (χ3v) is 3.54. The van der Waals surface area contributed by atoms with Crippen LogP contribution in [0.4, 0.5) is 0 Å². The summed E-state index contributed by atoms with van der Waals surface area (Å²) in [6.07, 6.45) is 0.349. The molecule has 2 nitrogen and oxygen atoms in total. The zero-order valence-electron chi connectivity index (χ0n) is 10.9. The molecule has 0 aliphatic heterocycles. The van der Waals surface area contributed by atoms with Crippen molar-refractivity contribution < 1.29 is 9.53 Å². The minimum absolute atomic E-state index is 0.100. The molecule has 0 aliphatic carbocycles. The summed E-state index contributed by atoms with van der Waals surface area (Å²) in [6, 6.07) is 13.4. The predicted octanol–water partition coefficient (Wildman–Crippen LogP) is 4.19. The maximum Gasteiger partial charge on any atom is 0.167 e. The van der Waals surface area contributed by atoms with Crippen molar-refractivity contribution in [1.82, 2.24) is 0 Å². The Bertz CT molecular complexity index is 605. The van der Waals surface area contributed by atoms with Gasteiger partial charge in [0.1, 0.15) is 5.75 Å². The first kappa shape index (κ1) is 13.8. The second kappa shape index (κ2) is 6.02. The maximum atomic E-state index is 12.4. The number of ketones is 1. The normalized spacial score (nSPS) is 10.3. The number of methoxy groups -OCH3 is 1. The molecular formula is C16H15BrO2. The number of para-hydroxylation sites is 1. The first-order chi connectivity index (χ1) is 9.11. The first-order valence-electron chi connectivity index (χ1n) is 6.03. The summed E-state index contributed by atoms with van der Waals surface area (Å²) >= 11 is 3.40. The molecule has 2 aromatic carbocycles. The van der Waals surface area contributed by atoms with Crippen molar-refractivity contribution >= 4 is 21.7 Å². The molecule has 2 aromatic rings. The lowest BCUT2D eigenvalue weighted by molar-refractivity contribution is 0.0991. The second-order valence-corrected chi connectivity index (χ2v) is 5.29. The summed E-state index contributed by atoms with van der Waals surface area (Å²) in [5, 5.41) is 0. The van der Waals surface area contributed by atoms with Crippen LogP contribution < -0.4 is 4.74 Å². The molecule has 0 unspecified atom stereocenters. The summed E-state index contributed by atoms with van der Waals surface area (Å²) in [4.78, 5) is 12.4.